The summed E-state index contributed by atoms with van der Waals surface area (Å²) < 4.78 is 50.6. The fourth-order valence-corrected chi connectivity index (χ4v) is 5.98. The Morgan fingerprint density at radius 2 is 1.27 bits per heavy atom. The zero-order valence-electron chi connectivity index (χ0n) is 22.8. The summed E-state index contributed by atoms with van der Waals surface area (Å²) in [4.78, 5) is 71.4. The maximum atomic E-state index is 12.2. The van der Waals surface area contributed by atoms with Crippen LogP contribution >= 0.6 is 11.8 Å². The third-order valence-corrected chi connectivity index (χ3v) is 7.21. The van der Waals surface area contributed by atoms with Gasteiger partial charge in [0.1, 0.15) is 24.3 Å². The molecule has 3 fully saturated rings. The molecule has 3 saturated heterocycles. The van der Waals surface area contributed by atoms with Crippen molar-refractivity contribution in [2.24, 2.45) is 0 Å². The molecule has 15 nitrogen and oxygen atoms in total. The molecule has 16 heteroatoms. The summed E-state index contributed by atoms with van der Waals surface area (Å²) in [7, 11) is 0. The van der Waals surface area contributed by atoms with Crippen LogP contribution in [0, 0.1) is 0 Å². The van der Waals surface area contributed by atoms with Crippen molar-refractivity contribution in [3.63, 3.8) is 0 Å². The molecule has 40 heavy (non-hydrogen) atoms. The van der Waals surface area contributed by atoms with E-state index in [9.17, 15) is 28.8 Å². The van der Waals surface area contributed by atoms with E-state index in [4.69, 9.17) is 42.6 Å². The number of carbonyl (C=O) groups is 6. The van der Waals surface area contributed by atoms with Crippen LogP contribution in [-0.2, 0) is 71.4 Å². The molecule has 3 aliphatic rings. The van der Waals surface area contributed by atoms with Gasteiger partial charge in [0, 0.05) is 41.5 Å². The lowest BCUT2D eigenvalue weighted by Gasteiger charge is -2.55. The van der Waals surface area contributed by atoms with Crippen molar-refractivity contribution in [1.29, 1.82) is 0 Å². The lowest BCUT2D eigenvalue weighted by Crippen LogP contribution is -2.72. The van der Waals surface area contributed by atoms with E-state index in [-0.39, 0.29) is 19.0 Å². The number of thioether (sulfide) groups is 1. The number of carbonyl (C=O) groups excluding carboxylic acids is 6. The molecule has 0 radical (unpaired) electrons. The van der Waals surface area contributed by atoms with E-state index in [0.717, 1.165) is 46.4 Å². The van der Waals surface area contributed by atoms with Crippen LogP contribution in [0.25, 0.3) is 0 Å². The minimum atomic E-state index is -1.81. The monoisotopic (exact) mass is 592 g/mol. The highest BCUT2D eigenvalue weighted by Gasteiger charge is 2.64. The Hall–Kier alpha value is -2.95. The summed E-state index contributed by atoms with van der Waals surface area (Å²) in [6.45, 7) is 6.24. The van der Waals surface area contributed by atoms with Gasteiger partial charge in [-0.2, -0.15) is 0 Å². The summed E-state index contributed by atoms with van der Waals surface area (Å²) in [6, 6.07) is 0. The summed E-state index contributed by atoms with van der Waals surface area (Å²) in [6.07, 6.45) is -8.67. The van der Waals surface area contributed by atoms with Gasteiger partial charge in [-0.15, -0.1) is 11.8 Å². The maximum absolute atomic E-state index is 12.2. The number of rotatable bonds is 7. The summed E-state index contributed by atoms with van der Waals surface area (Å²) in [5, 5.41) is 0. The second-order valence-corrected chi connectivity index (χ2v) is 10.3. The largest absolute Gasteiger partial charge is 0.463 e. The third-order valence-electron chi connectivity index (χ3n) is 5.93. The van der Waals surface area contributed by atoms with Crippen LogP contribution < -0.4 is 0 Å². The van der Waals surface area contributed by atoms with Gasteiger partial charge in [0.15, 0.2) is 30.5 Å². The fraction of sp³-hybridized carbons (Fsp3) is 0.750. The maximum Gasteiger partial charge on any atom is 0.303 e. The molecule has 0 aromatic carbocycles. The minimum Gasteiger partial charge on any atom is -0.463 e. The van der Waals surface area contributed by atoms with Crippen LogP contribution in [0.15, 0.2) is 0 Å². The summed E-state index contributed by atoms with van der Waals surface area (Å²) >= 11 is 1.13. The van der Waals surface area contributed by atoms with Crippen LogP contribution in [0.1, 0.15) is 41.5 Å². The van der Waals surface area contributed by atoms with Crippen LogP contribution in [0.4, 0.5) is 0 Å². The molecule has 224 valence electrons. The van der Waals surface area contributed by atoms with Gasteiger partial charge in [-0.25, -0.2) is 0 Å². The molecule has 0 amide bonds. The first-order valence-electron chi connectivity index (χ1n) is 12.3. The fourth-order valence-electron chi connectivity index (χ4n) is 4.64. The summed E-state index contributed by atoms with van der Waals surface area (Å²) in [5.41, 5.74) is -0.859. The quantitative estimate of drug-likeness (QED) is 0.279. The van der Waals surface area contributed by atoms with Crippen molar-refractivity contribution in [2.45, 2.75) is 95.5 Å². The molecule has 0 N–H and O–H groups in total. The van der Waals surface area contributed by atoms with Gasteiger partial charge in [-0.1, -0.05) is 0 Å². The van der Waals surface area contributed by atoms with Gasteiger partial charge in [0.25, 0.3) is 0 Å². The summed E-state index contributed by atoms with van der Waals surface area (Å²) in [5.74, 6) is -6.17. The molecular weight excluding hydrogens is 560 g/mol. The first-order chi connectivity index (χ1) is 18.7. The minimum absolute atomic E-state index is 0.0536. The average molecular weight is 593 g/mol. The van der Waals surface area contributed by atoms with Crippen LogP contribution in [0.2, 0.25) is 0 Å². The molecule has 0 aromatic heterocycles. The Morgan fingerprint density at radius 1 is 0.725 bits per heavy atom. The van der Waals surface area contributed by atoms with Crippen LogP contribution in [0.3, 0.4) is 0 Å². The molecule has 9 atom stereocenters. The predicted molar refractivity (Wildman–Crippen MR) is 129 cm³/mol. The zero-order valence-corrected chi connectivity index (χ0v) is 23.6. The number of hydrogen-bond acceptors (Lipinski definition) is 16. The lowest BCUT2D eigenvalue weighted by molar-refractivity contribution is -0.368. The molecule has 3 heterocycles. The van der Waals surface area contributed by atoms with Crippen molar-refractivity contribution < 1.29 is 71.4 Å². The number of esters is 6. The SMILES string of the molecule is CC(=O)OC[C@H]1O[C@@H]2SC[C@]3(OC[C@H](OC(C)=O)[C@@H](OC(C)=O)[C@@H]3OC(C)=O)O[C@H]2[C@@H](OC(C)=O)[C@@H]1OC(C)=O. The van der Waals surface area contributed by atoms with Gasteiger partial charge in [0.2, 0.25) is 5.79 Å². The Morgan fingerprint density at radius 3 is 1.82 bits per heavy atom. The molecule has 0 unspecified atom stereocenters. The van der Waals surface area contributed by atoms with E-state index in [0.29, 0.717) is 0 Å². The predicted octanol–water partition coefficient (Wildman–Crippen LogP) is -0.209. The van der Waals surface area contributed by atoms with Crippen LogP contribution in [0.5, 0.6) is 0 Å². The second-order valence-electron chi connectivity index (χ2n) is 9.26. The van der Waals surface area contributed by atoms with E-state index >= 15 is 0 Å². The van der Waals surface area contributed by atoms with E-state index in [1.165, 1.54) is 6.92 Å². The molecule has 0 saturated carbocycles. The van der Waals surface area contributed by atoms with E-state index < -0.39 is 89.8 Å². The van der Waals surface area contributed by atoms with Crippen molar-refractivity contribution in [3.8, 4) is 0 Å². The highest BCUT2D eigenvalue weighted by Crippen LogP contribution is 2.46. The first-order valence-corrected chi connectivity index (χ1v) is 13.4. The van der Waals surface area contributed by atoms with Gasteiger partial charge >= 0.3 is 35.8 Å². The molecular formula is C24H32O15S. The van der Waals surface area contributed by atoms with Crippen molar-refractivity contribution in [3.05, 3.63) is 0 Å². The van der Waals surface area contributed by atoms with E-state index in [1.807, 2.05) is 0 Å². The second kappa shape index (κ2) is 13.1. The smallest absolute Gasteiger partial charge is 0.303 e. The van der Waals surface area contributed by atoms with Gasteiger partial charge < -0.3 is 42.6 Å². The van der Waals surface area contributed by atoms with Gasteiger partial charge in [0.05, 0.1) is 12.4 Å². The Kier molecular flexibility index (Phi) is 10.4. The Labute approximate surface area is 233 Å². The highest BCUT2D eigenvalue weighted by molar-refractivity contribution is 7.99. The van der Waals surface area contributed by atoms with E-state index in [2.05, 4.69) is 0 Å². The molecule has 3 aliphatic heterocycles. The third kappa shape index (κ3) is 7.62. The molecule has 0 bridgehead atoms. The average Bonchev–Trinajstić information content (AvgIpc) is 2.82. The molecule has 0 aliphatic carbocycles. The van der Waals surface area contributed by atoms with Crippen LogP contribution in [-0.4, -0.2) is 109 Å². The first kappa shape index (κ1) is 31.6. The highest BCUT2D eigenvalue weighted by atomic mass is 32.2. The number of ether oxygens (including phenoxy) is 9. The van der Waals surface area contributed by atoms with E-state index in [1.54, 1.807) is 0 Å². The number of fused-ring (bicyclic) bond motifs is 1. The lowest BCUT2D eigenvalue weighted by atomic mass is 9.94. The standard InChI is InChI=1S/C24H32O15S/c1-10(25)31-7-16-18(34-12(3)27)20(36-14(5)29)21-23(38-16)40-9-24(39-21)22(37-15(6)30)19(35-13(4)28)17(8-32-24)33-11(2)26/h16-23H,7-9H2,1-6H3/t16-,17+,18-,19-,20+,21+,22+,23-,24+/m1/s1. The Bertz CT molecular complexity index is 1020. The zero-order chi connectivity index (χ0) is 29.8. The van der Waals surface area contributed by atoms with Gasteiger partial charge in [-0.3, -0.25) is 28.8 Å². The van der Waals surface area contributed by atoms with Crippen molar-refractivity contribution >= 4 is 47.6 Å². The molecule has 1 spiro atoms. The number of hydrogen-bond donors (Lipinski definition) is 0. The normalized spacial score (nSPS) is 35.0. The van der Waals surface area contributed by atoms with Crippen molar-refractivity contribution in [1.82, 2.24) is 0 Å². The molecule has 3 rings (SSSR count). The topological polar surface area (TPSA) is 185 Å². The Balaban J connectivity index is 2.01. The van der Waals surface area contributed by atoms with Crippen molar-refractivity contribution in [2.75, 3.05) is 19.0 Å². The van der Waals surface area contributed by atoms with Gasteiger partial charge in [-0.05, 0) is 0 Å². The molecule has 0 aromatic rings.